The Morgan fingerprint density at radius 1 is 1.37 bits per heavy atom. The highest BCUT2D eigenvalue weighted by molar-refractivity contribution is 6.31. The zero-order valence-electron chi connectivity index (χ0n) is 14.5. The van der Waals surface area contributed by atoms with Crippen LogP contribution in [0.25, 0.3) is 0 Å². The molecule has 3 N–H and O–H groups in total. The molecule has 142 valence electrons. The summed E-state index contributed by atoms with van der Waals surface area (Å²) in [4.78, 5) is 22.2. The fourth-order valence-corrected chi connectivity index (χ4v) is 2.33. The smallest absolute Gasteiger partial charge is 0.312 e. The van der Waals surface area contributed by atoms with Crippen molar-refractivity contribution in [2.45, 2.75) is 13.0 Å². The molecule has 0 saturated carbocycles. The number of nitro benzene ring substituents is 1. The van der Waals surface area contributed by atoms with Gasteiger partial charge in [-0.25, -0.2) is 5.43 Å². The summed E-state index contributed by atoms with van der Waals surface area (Å²) in [6, 6.07) is 8.72. The van der Waals surface area contributed by atoms with Crippen molar-refractivity contribution in [2.24, 2.45) is 5.10 Å². The molecular formula is C17H17ClN4O5. The monoisotopic (exact) mass is 392 g/mol. The molecule has 27 heavy (non-hydrogen) atoms. The van der Waals surface area contributed by atoms with E-state index in [1.165, 1.54) is 6.07 Å². The van der Waals surface area contributed by atoms with Gasteiger partial charge in [0, 0.05) is 22.3 Å². The molecule has 0 aliphatic heterocycles. The number of halogens is 1. The van der Waals surface area contributed by atoms with Gasteiger partial charge in [0.2, 0.25) is 5.75 Å². The molecule has 0 aliphatic carbocycles. The van der Waals surface area contributed by atoms with Crippen LogP contribution in [0.4, 0.5) is 11.4 Å². The number of carbonyl (C=O) groups excluding carboxylic acids is 1. The van der Waals surface area contributed by atoms with Crippen LogP contribution in [0, 0.1) is 10.1 Å². The van der Waals surface area contributed by atoms with E-state index in [9.17, 15) is 20.0 Å². The van der Waals surface area contributed by atoms with Gasteiger partial charge < -0.3 is 15.2 Å². The number of nitrogens with one attached hydrogen (secondary N) is 2. The molecule has 0 radical (unpaired) electrons. The third-order valence-electron chi connectivity index (χ3n) is 3.53. The first-order chi connectivity index (χ1) is 12.8. The normalized spacial score (nSPS) is 11.8. The predicted octanol–water partition coefficient (Wildman–Crippen LogP) is 2.91. The number of amides is 1. The number of nitro groups is 1. The van der Waals surface area contributed by atoms with Crippen LogP contribution in [0.3, 0.4) is 0 Å². The standard InChI is InChI=1S/C17H17ClN4O5/c1-10(20-13-3-5-14(27-2)6-4-13)17(24)21-19-9-11-7-12(18)8-15(16(11)23)22(25)26/h3-10,20,23H,1-2H3,(H,21,24). The number of nitrogens with zero attached hydrogens (tertiary/aromatic N) is 2. The van der Waals surface area contributed by atoms with Crippen LogP contribution >= 0.6 is 11.6 Å². The maximum atomic E-state index is 12.1. The van der Waals surface area contributed by atoms with Gasteiger partial charge in [-0.3, -0.25) is 14.9 Å². The van der Waals surface area contributed by atoms with Crippen LogP contribution < -0.4 is 15.5 Å². The molecule has 0 saturated heterocycles. The van der Waals surface area contributed by atoms with Crippen molar-refractivity contribution in [2.75, 3.05) is 12.4 Å². The number of phenols is 1. The highest BCUT2D eigenvalue weighted by Crippen LogP contribution is 2.32. The minimum Gasteiger partial charge on any atom is -0.502 e. The van der Waals surface area contributed by atoms with E-state index in [1.54, 1.807) is 38.3 Å². The molecule has 2 aromatic carbocycles. The number of hydrogen-bond donors (Lipinski definition) is 3. The second-order valence-corrected chi connectivity index (χ2v) is 5.89. The average molecular weight is 393 g/mol. The van der Waals surface area contributed by atoms with E-state index in [0.29, 0.717) is 11.4 Å². The third-order valence-corrected chi connectivity index (χ3v) is 3.74. The summed E-state index contributed by atoms with van der Waals surface area (Å²) in [5, 5.41) is 27.5. The van der Waals surface area contributed by atoms with Crippen LogP contribution in [0.2, 0.25) is 5.02 Å². The van der Waals surface area contributed by atoms with Gasteiger partial charge in [0.25, 0.3) is 5.91 Å². The first-order valence-electron chi connectivity index (χ1n) is 7.72. The number of hydrazone groups is 1. The van der Waals surface area contributed by atoms with Crippen LogP contribution in [0.15, 0.2) is 41.5 Å². The lowest BCUT2D eigenvalue weighted by Crippen LogP contribution is -2.34. The number of ether oxygens (including phenoxy) is 1. The number of anilines is 1. The molecule has 10 heteroatoms. The van der Waals surface area contributed by atoms with Crippen molar-refractivity contribution in [3.63, 3.8) is 0 Å². The van der Waals surface area contributed by atoms with Gasteiger partial charge in [-0.15, -0.1) is 0 Å². The fourth-order valence-electron chi connectivity index (χ4n) is 2.11. The predicted molar refractivity (Wildman–Crippen MR) is 102 cm³/mol. The van der Waals surface area contributed by atoms with Crippen LogP contribution in [0.5, 0.6) is 11.5 Å². The first kappa shape index (κ1) is 20.0. The van der Waals surface area contributed by atoms with E-state index >= 15 is 0 Å². The Balaban J connectivity index is 2.00. The van der Waals surface area contributed by atoms with Crippen molar-refractivity contribution in [3.05, 3.63) is 57.1 Å². The van der Waals surface area contributed by atoms with Crippen molar-refractivity contribution in [1.82, 2.24) is 5.43 Å². The van der Waals surface area contributed by atoms with Crippen LogP contribution in [-0.4, -0.2) is 35.3 Å². The number of methoxy groups -OCH3 is 1. The Kier molecular flexibility index (Phi) is 6.56. The second-order valence-electron chi connectivity index (χ2n) is 5.45. The van der Waals surface area contributed by atoms with Gasteiger partial charge >= 0.3 is 5.69 Å². The van der Waals surface area contributed by atoms with Gasteiger partial charge in [-0.2, -0.15) is 5.10 Å². The number of hydrogen-bond acceptors (Lipinski definition) is 7. The molecule has 2 aromatic rings. The van der Waals surface area contributed by atoms with Crippen molar-refractivity contribution < 1.29 is 19.6 Å². The second kappa shape index (κ2) is 8.86. The molecule has 9 nitrogen and oxygen atoms in total. The first-order valence-corrected chi connectivity index (χ1v) is 8.10. The van der Waals surface area contributed by atoms with E-state index < -0.39 is 28.3 Å². The number of phenolic OH excluding ortho intramolecular Hbond substituents is 1. The van der Waals surface area contributed by atoms with Gasteiger partial charge in [-0.05, 0) is 37.3 Å². The largest absolute Gasteiger partial charge is 0.502 e. The van der Waals surface area contributed by atoms with E-state index in [2.05, 4.69) is 15.8 Å². The molecule has 0 aliphatic rings. The number of benzene rings is 2. The Labute approximate surface area is 159 Å². The maximum absolute atomic E-state index is 12.1. The number of aromatic hydroxyl groups is 1. The van der Waals surface area contributed by atoms with E-state index in [1.807, 2.05) is 0 Å². The van der Waals surface area contributed by atoms with Crippen LogP contribution in [0.1, 0.15) is 12.5 Å². The zero-order valence-corrected chi connectivity index (χ0v) is 15.2. The topological polar surface area (TPSA) is 126 Å². The lowest BCUT2D eigenvalue weighted by atomic mass is 10.2. The van der Waals surface area contributed by atoms with Crippen molar-refractivity contribution >= 4 is 35.1 Å². The minimum atomic E-state index is -0.766. The molecule has 1 unspecified atom stereocenters. The Morgan fingerprint density at radius 3 is 2.63 bits per heavy atom. The molecule has 1 amide bonds. The quantitative estimate of drug-likeness (QED) is 0.378. The molecular weight excluding hydrogens is 376 g/mol. The average Bonchev–Trinajstić information content (AvgIpc) is 2.64. The van der Waals surface area contributed by atoms with Gasteiger partial charge in [-0.1, -0.05) is 11.6 Å². The Hall–Kier alpha value is -3.33. The summed E-state index contributed by atoms with van der Waals surface area (Å²) < 4.78 is 5.06. The molecule has 0 bridgehead atoms. The molecule has 0 heterocycles. The summed E-state index contributed by atoms with van der Waals surface area (Å²) in [5.41, 5.74) is 2.46. The molecule has 1 atom stereocenters. The highest BCUT2D eigenvalue weighted by atomic mass is 35.5. The number of rotatable bonds is 7. The lowest BCUT2D eigenvalue weighted by Gasteiger charge is -2.13. The Morgan fingerprint density at radius 2 is 2.04 bits per heavy atom. The number of carbonyl (C=O) groups is 1. The Bertz CT molecular complexity index is 870. The molecule has 2 rings (SSSR count). The minimum absolute atomic E-state index is 0.00488. The van der Waals surface area contributed by atoms with Crippen molar-refractivity contribution in [1.29, 1.82) is 0 Å². The summed E-state index contributed by atoms with van der Waals surface area (Å²) in [6.45, 7) is 1.64. The molecule has 0 spiro atoms. The SMILES string of the molecule is COc1ccc(NC(C)C(=O)NN=Cc2cc(Cl)cc([N+](=O)[O-])c2O)cc1. The summed E-state index contributed by atoms with van der Waals surface area (Å²) >= 11 is 5.79. The van der Waals surface area contributed by atoms with E-state index in [4.69, 9.17) is 16.3 Å². The van der Waals surface area contributed by atoms with Crippen molar-refractivity contribution in [3.8, 4) is 11.5 Å². The van der Waals surface area contributed by atoms with E-state index in [-0.39, 0.29) is 10.6 Å². The van der Waals surface area contributed by atoms with Gasteiger partial charge in [0.15, 0.2) is 0 Å². The summed E-state index contributed by atoms with van der Waals surface area (Å²) in [6.07, 6.45) is 1.08. The summed E-state index contributed by atoms with van der Waals surface area (Å²) in [5.74, 6) is -0.345. The van der Waals surface area contributed by atoms with Crippen LogP contribution in [-0.2, 0) is 4.79 Å². The molecule has 0 aromatic heterocycles. The summed E-state index contributed by atoms with van der Waals surface area (Å²) in [7, 11) is 1.56. The van der Waals surface area contributed by atoms with E-state index in [0.717, 1.165) is 12.3 Å². The zero-order chi connectivity index (χ0) is 20.0. The molecule has 0 fully saturated rings. The van der Waals surface area contributed by atoms with Gasteiger partial charge in [0.05, 0.1) is 18.2 Å². The van der Waals surface area contributed by atoms with Gasteiger partial charge in [0.1, 0.15) is 11.8 Å². The lowest BCUT2D eigenvalue weighted by molar-refractivity contribution is -0.385. The maximum Gasteiger partial charge on any atom is 0.312 e. The highest BCUT2D eigenvalue weighted by Gasteiger charge is 2.18. The fraction of sp³-hybridized carbons (Fsp3) is 0.176. The third kappa shape index (κ3) is 5.32.